The molecule has 1 aromatic rings. The summed E-state index contributed by atoms with van der Waals surface area (Å²) in [6.07, 6.45) is 4.34. The number of carbonyl (C=O) groups excluding carboxylic acids is 2. The Balaban J connectivity index is 2.17. The summed E-state index contributed by atoms with van der Waals surface area (Å²) in [7, 11) is 1.37. The number of methoxy groups -OCH3 is 1. The van der Waals surface area contributed by atoms with Gasteiger partial charge in [0.1, 0.15) is 0 Å². The van der Waals surface area contributed by atoms with E-state index in [0.29, 0.717) is 23.2 Å². The highest BCUT2D eigenvalue weighted by atomic mass is 35.5. The van der Waals surface area contributed by atoms with Crippen LogP contribution >= 0.6 is 11.6 Å². The van der Waals surface area contributed by atoms with Crippen LogP contribution in [0.15, 0.2) is 24.3 Å². The monoisotopic (exact) mass is 366 g/mol. The number of hydrogen-bond acceptors (Lipinski definition) is 3. The molecule has 1 N–H and O–H groups in total. The van der Waals surface area contributed by atoms with Crippen molar-refractivity contribution in [1.82, 2.24) is 4.90 Å². The van der Waals surface area contributed by atoms with E-state index >= 15 is 0 Å². The van der Waals surface area contributed by atoms with Crippen molar-refractivity contribution < 1.29 is 14.3 Å². The smallest absolute Gasteiger partial charge is 0.322 e. The Labute approximate surface area is 154 Å². The molecule has 0 bridgehead atoms. The summed E-state index contributed by atoms with van der Waals surface area (Å²) in [6.45, 7) is 4.30. The Morgan fingerprint density at radius 2 is 2.08 bits per heavy atom. The minimum atomic E-state index is -0.371. The average Bonchev–Trinajstić information content (AvgIpc) is 2.59. The zero-order valence-corrected chi connectivity index (χ0v) is 15.9. The maximum Gasteiger partial charge on any atom is 0.322 e. The third-order valence-corrected chi connectivity index (χ3v) is 5.11. The van der Waals surface area contributed by atoms with Crippen LogP contribution in [0.4, 0.5) is 10.5 Å². The first-order valence-corrected chi connectivity index (χ1v) is 9.21. The molecule has 0 aliphatic heterocycles. The lowest BCUT2D eigenvalue weighted by Crippen LogP contribution is -2.49. The van der Waals surface area contributed by atoms with E-state index in [2.05, 4.69) is 12.2 Å². The zero-order chi connectivity index (χ0) is 18.4. The first kappa shape index (κ1) is 19.6. The fraction of sp³-hybridized carbons (Fsp3) is 0.579. The molecule has 0 heterocycles. The van der Waals surface area contributed by atoms with Gasteiger partial charge in [0.25, 0.3) is 0 Å². The summed E-state index contributed by atoms with van der Waals surface area (Å²) in [6, 6.07) is 7.00. The van der Waals surface area contributed by atoms with E-state index in [1.807, 2.05) is 0 Å². The molecule has 0 spiro atoms. The van der Waals surface area contributed by atoms with Crippen LogP contribution < -0.4 is 5.32 Å². The van der Waals surface area contributed by atoms with Crippen LogP contribution in [0.3, 0.4) is 0 Å². The molecule has 25 heavy (non-hydrogen) atoms. The van der Waals surface area contributed by atoms with E-state index < -0.39 is 0 Å². The topological polar surface area (TPSA) is 58.6 Å². The normalized spacial score (nSPS) is 21.3. The molecule has 2 amide bonds. The Bertz CT molecular complexity index is 608. The minimum Gasteiger partial charge on any atom is -0.469 e. The second-order valence-electron chi connectivity index (χ2n) is 6.85. The van der Waals surface area contributed by atoms with Gasteiger partial charge in [0, 0.05) is 23.3 Å². The van der Waals surface area contributed by atoms with Crippen molar-refractivity contribution in [3.8, 4) is 0 Å². The van der Waals surface area contributed by atoms with Gasteiger partial charge in [-0.05, 0) is 37.0 Å². The highest BCUT2D eigenvalue weighted by Crippen LogP contribution is 2.29. The van der Waals surface area contributed by atoms with Crippen molar-refractivity contribution in [3.63, 3.8) is 0 Å². The lowest BCUT2D eigenvalue weighted by atomic mass is 9.84. The third-order valence-electron chi connectivity index (χ3n) is 4.88. The predicted molar refractivity (Wildman–Crippen MR) is 99.8 cm³/mol. The van der Waals surface area contributed by atoms with E-state index in [4.69, 9.17) is 16.3 Å². The Morgan fingerprint density at radius 1 is 1.36 bits per heavy atom. The average molecular weight is 367 g/mol. The number of ether oxygens (including phenoxy) is 1. The third kappa shape index (κ3) is 5.36. The van der Waals surface area contributed by atoms with Crippen LogP contribution in [0.5, 0.6) is 0 Å². The van der Waals surface area contributed by atoms with Gasteiger partial charge in [-0.1, -0.05) is 44.4 Å². The first-order chi connectivity index (χ1) is 11.9. The quantitative estimate of drug-likeness (QED) is 0.777. The summed E-state index contributed by atoms with van der Waals surface area (Å²) in [5, 5.41) is 3.48. The number of rotatable bonds is 5. The summed E-state index contributed by atoms with van der Waals surface area (Å²) < 4.78 is 4.83. The number of carbonyl (C=O) groups is 2. The number of hydrogen-bond donors (Lipinski definition) is 1. The number of amides is 2. The number of esters is 1. The largest absolute Gasteiger partial charge is 0.469 e. The predicted octanol–water partition coefficient (Wildman–Crippen LogP) is 4.56. The molecule has 1 saturated carbocycles. The highest BCUT2D eigenvalue weighted by molar-refractivity contribution is 6.30. The van der Waals surface area contributed by atoms with Gasteiger partial charge in [-0.3, -0.25) is 4.79 Å². The molecule has 1 aliphatic carbocycles. The highest BCUT2D eigenvalue weighted by Gasteiger charge is 2.32. The van der Waals surface area contributed by atoms with Crippen molar-refractivity contribution in [2.24, 2.45) is 11.8 Å². The number of nitrogens with one attached hydrogen (secondary N) is 1. The number of nitrogens with zero attached hydrogens (tertiary/aromatic N) is 1. The van der Waals surface area contributed by atoms with Crippen LogP contribution in [0.2, 0.25) is 5.02 Å². The van der Waals surface area contributed by atoms with E-state index in [0.717, 1.165) is 19.3 Å². The molecule has 1 fully saturated rings. The maximum absolute atomic E-state index is 12.9. The van der Waals surface area contributed by atoms with Gasteiger partial charge >= 0.3 is 12.0 Å². The van der Waals surface area contributed by atoms with E-state index in [9.17, 15) is 9.59 Å². The van der Waals surface area contributed by atoms with E-state index in [-0.39, 0.29) is 24.0 Å². The second-order valence-corrected chi connectivity index (χ2v) is 7.28. The number of urea groups is 1. The van der Waals surface area contributed by atoms with Crippen molar-refractivity contribution in [3.05, 3.63) is 29.3 Å². The Kier molecular flexibility index (Phi) is 7.12. The fourth-order valence-corrected chi connectivity index (χ4v) is 3.65. The lowest BCUT2D eigenvalue weighted by Gasteiger charge is -2.39. The molecule has 3 unspecified atom stereocenters. The Hall–Kier alpha value is -1.75. The maximum atomic E-state index is 12.9. The van der Waals surface area contributed by atoms with Gasteiger partial charge in [-0.15, -0.1) is 0 Å². The number of anilines is 1. The van der Waals surface area contributed by atoms with Gasteiger partial charge in [-0.25, -0.2) is 4.79 Å². The van der Waals surface area contributed by atoms with E-state index in [1.165, 1.54) is 13.5 Å². The van der Waals surface area contributed by atoms with Crippen LogP contribution in [0.1, 0.15) is 39.5 Å². The molecule has 0 radical (unpaired) electrons. The molecule has 5 nitrogen and oxygen atoms in total. The molecule has 138 valence electrons. The van der Waals surface area contributed by atoms with Crippen molar-refractivity contribution in [1.29, 1.82) is 0 Å². The van der Waals surface area contributed by atoms with Crippen molar-refractivity contribution >= 4 is 29.3 Å². The SMILES string of the molecule is COC(=O)C(C)CN(C(=O)Nc1cccc(Cl)c1)C1CCCCC1C. The standard InChI is InChI=1S/C19H27ClN2O3/c1-13-7-4-5-10-17(13)22(12-14(2)18(23)25-3)19(24)21-16-9-6-8-15(20)11-16/h6,8-9,11,13-14,17H,4-5,7,10,12H2,1-3H3,(H,21,24). The van der Waals surface area contributed by atoms with Crippen molar-refractivity contribution in [2.45, 2.75) is 45.6 Å². The van der Waals surface area contributed by atoms with Gasteiger partial charge in [0.05, 0.1) is 13.0 Å². The summed E-state index contributed by atoms with van der Waals surface area (Å²) in [4.78, 5) is 26.6. The summed E-state index contributed by atoms with van der Waals surface area (Å²) >= 11 is 6.00. The molecular weight excluding hydrogens is 340 g/mol. The molecular formula is C19H27ClN2O3. The fourth-order valence-electron chi connectivity index (χ4n) is 3.46. The molecule has 1 aromatic carbocycles. The van der Waals surface area contributed by atoms with Gasteiger partial charge in [-0.2, -0.15) is 0 Å². The Morgan fingerprint density at radius 3 is 2.72 bits per heavy atom. The number of benzene rings is 1. The van der Waals surface area contributed by atoms with Crippen LogP contribution in [-0.2, 0) is 9.53 Å². The van der Waals surface area contributed by atoms with Gasteiger partial charge < -0.3 is 15.0 Å². The second kappa shape index (κ2) is 9.09. The summed E-state index contributed by atoms with van der Waals surface area (Å²) in [5.74, 6) is -0.267. The number of halogens is 1. The molecule has 0 aromatic heterocycles. The van der Waals surface area contributed by atoms with E-state index in [1.54, 1.807) is 36.1 Å². The van der Waals surface area contributed by atoms with Gasteiger partial charge in [0.2, 0.25) is 0 Å². The van der Waals surface area contributed by atoms with Gasteiger partial charge in [0.15, 0.2) is 0 Å². The lowest BCUT2D eigenvalue weighted by molar-refractivity contribution is -0.145. The molecule has 6 heteroatoms. The molecule has 1 aliphatic rings. The minimum absolute atomic E-state index is 0.125. The summed E-state index contributed by atoms with van der Waals surface area (Å²) in [5.41, 5.74) is 0.650. The molecule has 0 saturated heterocycles. The molecule has 2 rings (SSSR count). The van der Waals surface area contributed by atoms with Crippen LogP contribution in [-0.4, -0.2) is 36.6 Å². The van der Waals surface area contributed by atoms with Crippen LogP contribution in [0.25, 0.3) is 0 Å². The van der Waals surface area contributed by atoms with Crippen molar-refractivity contribution in [2.75, 3.05) is 19.0 Å². The van der Waals surface area contributed by atoms with Crippen LogP contribution in [0, 0.1) is 11.8 Å². The molecule has 3 atom stereocenters. The zero-order valence-electron chi connectivity index (χ0n) is 15.1. The first-order valence-electron chi connectivity index (χ1n) is 8.83.